The lowest BCUT2D eigenvalue weighted by Crippen LogP contribution is -2.18. The number of carbonyl (C=O) groups excluding carboxylic acids is 1. The third kappa shape index (κ3) is 2.76. The second-order valence-electron chi connectivity index (χ2n) is 4.23. The molecule has 2 aromatic carbocycles. The zero-order chi connectivity index (χ0) is 14.4. The fraction of sp³-hybridized carbons (Fsp3) is 0.0588. The van der Waals surface area contributed by atoms with Gasteiger partial charge in [0.1, 0.15) is 0 Å². The van der Waals surface area contributed by atoms with Crippen molar-refractivity contribution < 1.29 is 4.79 Å². The largest absolute Gasteiger partial charge is 0.337 e. The minimum atomic E-state index is 0.580. The van der Waals surface area contributed by atoms with Crippen molar-refractivity contribution in [1.82, 2.24) is 0 Å². The number of nitrogens with zero attached hydrogens (tertiary/aromatic N) is 2. The first-order chi connectivity index (χ1) is 9.80. The van der Waals surface area contributed by atoms with E-state index in [1.807, 2.05) is 35.2 Å². The molecule has 20 heavy (non-hydrogen) atoms. The summed E-state index contributed by atoms with van der Waals surface area (Å²) >= 11 is 0. The number of carbonyl (C=O) groups is 1. The Morgan fingerprint density at radius 3 is 2.45 bits per heavy atom. The summed E-state index contributed by atoms with van der Waals surface area (Å²) in [7, 11) is 0. The van der Waals surface area contributed by atoms with Crippen LogP contribution < -0.4 is 4.90 Å². The van der Waals surface area contributed by atoms with Crippen LogP contribution in [-0.2, 0) is 0 Å². The zero-order valence-electron chi connectivity index (χ0n) is 11.0. The van der Waals surface area contributed by atoms with Gasteiger partial charge in [-0.1, -0.05) is 18.2 Å². The van der Waals surface area contributed by atoms with E-state index < -0.39 is 0 Å². The number of aldehydes is 1. The molecule has 0 spiro atoms. The predicted molar refractivity (Wildman–Crippen MR) is 80.2 cm³/mol. The molecule has 0 aromatic heterocycles. The molecular weight excluding hydrogens is 248 g/mol. The van der Waals surface area contributed by atoms with Gasteiger partial charge in [-0.2, -0.15) is 5.26 Å². The van der Waals surface area contributed by atoms with Gasteiger partial charge in [0, 0.05) is 17.8 Å². The summed E-state index contributed by atoms with van der Waals surface area (Å²) in [6.07, 6.45) is 2.62. The number of anilines is 2. The molecule has 0 amide bonds. The molecule has 0 aliphatic rings. The second-order valence-corrected chi connectivity index (χ2v) is 4.23. The van der Waals surface area contributed by atoms with Crippen molar-refractivity contribution in [1.29, 1.82) is 5.26 Å². The normalized spacial score (nSPS) is 9.55. The standard InChI is InChI=1S/C17H14N2O/c1-2-11-19(16-9-7-14(12-18)8-10-16)17-6-4-3-5-15(17)13-20/h2-10,13H,1,11H2. The van der Waals surface area contributed by atoms with Crippen LogP contribution in [0.3, 0.4) is 0 Å². The summed E-state index contributed by atoms with van der Waals surface area (Å²) in [5.41, 5.74) is 2.97. The Morgan fingerprint density at radius 1 is 1.15 bits per heavy atom. The van der Waals surface area contributed by atoms with E-state index in [2.05, 4.69) is 12.6 Å². The number of nitriles is 1. The van der Waals surface area contributed by atoms with Gasteiger partial charge in [0.2, 0.25) is 0 Å². The maximum Gasteiger partial charge on any atom is 0.152 e. The van der Waals surface area contributed by atoms with Crippen LogP contribution in [-0.4, -0.2) is 12.8 Å². The predicted octanol–water partition coefficient (Wildman–Crippen LogP) is 3.69. The third-order valence-electron chi connectivity index (χ3n) is 2.97. The zero-order valence-corrected chi connectivity index (χ0v) is 11.0. The Kier molecular flexibility index (Phi) is 4.31. The Morgan fingerprint density at radius 2 is 1.85 bits per heavy atom. The molecule has 3 heteroatoms. The van der Waals surface area contributed by atoms with Gasteiger partial charge < -0.3 is 4.90 Å². The van der Waals surface area contributed by atoms with E-state index in [4.69, 9.17) is 5.26 Å². The molecule has 0 atom stereocenters. The Balaban J connectivity index is 2.47. The Labute approximate surface area is 118 Å². The number of hydrogen-bond acceptors (Lipinski definition) is 3. The fourth-order valence-electron chi connectivity index (χ4n) is 2.02. The average molecular weight is 262 g/mol. The highest BCUT2D eigenvalue weighted by molar-refractivity contribution is 5.86. The highest BCUT2D eigenvalue weighted by Gasteiger charge is 2.11. The molecule has 0 saturated carbocycles. The molecule has 0 aliphatic heterocycles. The maximum absolute atomic E-state index is 11.2. The lowest BCUT2D eigenvalue weighted by atomic mass is 10.1. The number of benzene rings is 2. The quantitative estimate of drug-likeness (QED) is 0.609. The average Bonchev–Trinajstić information content (AvgIpc) is 2.53. The summed E-state index contributed by atoms with van der Waals surface area (Å²) in [6.45, 7) is 4.34. The first-order valence-corrected chi connectivity index (χ1v) is 6.23. The third-order valence-corrected chi connectivity index (χ3v) is 2.97. The van der Waals surface area contributed by atoms with Gasteiger partial charge in [0.25, 0.3) is 0 Å². The lowest BCUT2D eigenvalue weighted by molar-refractivity contribution is 0.112. The minimum Gasteiger partial charge on any atom is -0.337 e. The minimum absolute atomic E-state index is 0.580. The van der Waals surface area contributed by atoms with Crippen LogP contribution >= 0.6 is 0 Å². The van der Waals surface area contributed by atoms with Crippen molar-refractivity contribution in [2.75, 3.05) is 11.4 Å². The van der Waals surface area contributed by atoms with Gasteiger partial charge in [-0.25, -0.2) is 0 Å². The summed E-state index contributed by atoms with van der Waals surface area (Å²) in [6, 6.07) is 16.7. The summed E-state index contributed by atoms with van der Waals surface area (Å²) in [4.78, 5) is 13.2. The Bertz CT molecular complexity index is 653. The molecule has 0 fully saturated rings. The molecular formula is C17H14N2O. The highest BCUT2D eigenvalue weighted by Crippen LogP contribution is 2.27. The first-order valence-electron chi connectivity index (χ1n) is 6.23. The molecule has 98 valence electrons. The van der Waals surface area contributed by atoms with Gasteiger partial charge in [-0.05, 0) is 36.4 Å². The van der Waals surface area contributed by atoms with Crippen LogP contribution in [0.25, 0.3) is 0 Å². The van der Waals surface area contributed by atoms with E-state index >= 15 is 0 Å². The smallest absolute Gasteiger partial charge is 0.152 e. The molecule has 2 rings (SSSR count). The lowest BCUT2D eigenvalue weighted by Gasteiger charge is -2.24. The summed E-state index contributed by atoms with van der Waals surface area (Å²) in [5.74, 6) is 0. The molecule has 2 aromatic rings. The second kappa shape index (κ2) is 6.35. The van der Waals surface area contributed by atoms with Crippen LogP contribution in [0.1, 0.15) is 15.9 Å². The van der Waals surface area contributed by atoms with Crippen molar-refractivity contribution >= 4 is 17.7 Å². The van der Waals surface area contributed by atoms with Crippen molar-refractivity contribution in [3.63, 3.8) is 0 Å². The molecule has 0 unspecified atom stereocenters. The summed E-state index contributed by atoms with van der Waals surface area (Å²) < 4.78 is 0. The SMILES string of the molecule is C=CCN(c1ccc(C#N)cc1)c1ccccc1C=O. The monoisotopic (exact) mass is 262 g/mol. The molecule has 0 heterocycles. The van der Waals surface area contributed by atoms with Crippen molar-refractivity contribution in [3.8, 4) is 6.07 Å². The van der Waals surface area contributed by atoms with E-state index in [1.165, 1.54) is 0 Å². The molecule has 0 saturated heterocycles. The number of rotatable bonds is 5. The summed E-state index contributed by atoms with van der Waals surface area (Å²) in [5, 5.41) is 8.84. The molecule has 0 radical (unpaired) electrons. The van der Waals surface area contributed by atoms with Crippen LogP contribution in [0, 0.1) is 11.3 Å². The van der Waals surface area contributed by atoms with E-state index in [0.29, 0.717) is 17.7 Å². The van der Waals surface area contributed by atoms with E-state index in [0.717, 1.165) is 17.7 Å². The Hall–Kier alpha value is -2.86. The highest BCUT2D eigenvalue weighted by atomic mass is 16.1. The van der Waals surface area contributed by atoms with Gasteiger partial charge in [-0.15, -0.1) is 6.58 Å². The van der Waals surface area contributed by atoms with Crippen molar-refractivity contribution in [2.45, 2.75) is 0 Å². The van der Waals surface area contributed by atoms with Crippen LogP contribution in [0.15, 0.2) is 61.2 Å². The van der Waals surface area contributed by atoms with Crippen molar-refractivity contribution in [2.24, 2.45) is 0 Å². The number of para-hydroxylation sites is 1. The first kappa shape index (κ1) is 13.6. The fourth-order valence-corrected chi connectivity index (χ4v) is 2.02. The van der Waals surface area contributed by atoms with Crippen LogP contribution in [0.2, 0.25) is 0 Å². The van der Waals surface area contributed by atoms with Crippen LogP contribution in [0.4, 0.5) is 11.4 Å². The van der Waals surface area contributed by atoms with Crippen LogP contribution in [0.5, 0.6) is 0 Å². The molecule has 0 aliphatic carbocycles. The van der Waals surface area contributed by atoms with E-state index in [-0.39, 0.29) is 0 Å². The van der Waals surface area contributed by atoms with Gasteiger partial charge in [0.15, 0.2) is 6.29 Å². The van der Waals surface area contributed by atoms with E-state index in [1.54, 1.807) is 24.3 Å². The van der Waals surface area contributed by atoms with Gasteiger partial charge in [-0.3, -0.25) is 4.79 Å². The van der Waals surface area contributed by atoms with Gasteiger partial charge in [0.05, 0.1) is 17.3 Å². The van der Waals surface area contributed by atoms with Crippen molar-refractivity contribution in [3.05, 3.63) is 72.3 Å². The van der Waals surface area contributed by atoms with Gasteiger partial charge >= 0.3 is 0 Å². The number of hydrogen-bond donors (Lipinski definition) is 0. The maximum atomic E-state index is 11.2. The topological polar surface area (TPSA) is 44.1 Å². The van der Waals surface area contributed by atoms with E-state index in [9.17, 15) is 4.79 Å². The molecule has 0 N–H and O–H groups in total. The molecule has 0 bridgehead atoms. The molecule has 3 nitrogen and oxygen atoms in total.